The largest absolute Gasteiger partial charge is 0.477 e. The van der Waals surface area contributed by atoms with Gasteiger partial charge >= 0.3 is 5.97 Å². The van der Waals surface area contributed by atoms with Gasteiger partial charge in [0, 0.05) is 4.70 Å². The van der Waals surface area contributed by atoms with E-state index in [1.54, 1.807) is 6.07 Å². The number of carboxylic acid groups (broad SMARTS) is 1. The van der Waals surface area contributed by atoms with Crippen LogP contribution in [0.4, 0.5) is 0 Å². The van der Waals surface area contributed by atoms with E-state index in [1.165, 1.54) is 16.9 Å². The molecule has 0 aliphatic rings. The van der Waals surface area contributed by atoms with E-state index in [0.717, 1.165) is 16.5 Å². The summed E-state index contributed by atoms with van der Waals surface area (Å²) in [7, 11) is 0. The molecule has 2 nitrogen and oxygen atoms in total. The summed E-state index contributed by atoms with van der Waals surface area (Å²) in [5.74, 6) is -0.844. The van der Waals surface area contributed by atoms with Gasteiger partial charge in [0.05, 0.1) is 0 Å². The molecule has 1 aromatic heterocycles. The molecule has 0 saturated heterocycles. The quantitative estimate of drug-likeness (QED) is 0.865. The van der Waals surface area contributed by atoms with Crippen molar-refractivity contribution in [3.05, 3.63) is 34.7 Å². The first kappa shape index (κ1) is 12.1. The molecule has 0 fully saturated rings. The SMILES string of the molecule is CC(C)(C)Cc1ccc2cc(C(=O)O)sc2c1. The van der Waals surface area contributed by atoms with E-state index in [-0.39, 0.29) is 5.41 Å². The van der Waals surface area contributed by atoms with E-state index < -0.39 is 5.97 Å². The van der Waals surface area contributed by atoms with Crippen molar-refractivity contribution in [2.45, 2.75) is 27.2 Å². The van der Waals surface area contributed by atoms with Gasteiger partial charge in [-0.05, 0) is 34.9 Å². The third-order valence-corrected chi connectivity index (χ3v) is 3.62. The summed E-state index contributed by atoms with van der Waals surface area (Å²) >= 11 is 1.35. The number of thiophene rings is 1. The maximum atomic E-state index is 10.9. The van der Waals surface area contributed by atoms with Crippen LogP contribution in [0.1, 0.15) is 36.0 Å². The van der Waals surface area contributed by atoms with Crippen molar-refractivity contribution in [3.63, 3.8) is 0 Å². The Bertz CT molecular complexity index is 561. The van der Waals surface area contributed by atoms with Crippen LogP contribution in [0.25, 0.3) is 10.1 Å². The predicted octanol–water partition coefficient (Wildman–Crippen LogP) is 4.19. The normalized spacial score (nSPS) is 11.9. The molecule has 90 valence electrons. The zero-order valence-corrected chi connectivity index (χ0v) is 11.1. The predicted molar refractivity (Wildman–Crippen MR) is 71.9 cm³/mol. The molecule has 1 N–H and O–H groups in total. The fraction of sp³-hybridized carbons (Fsp3) is 0.357. The third-order valence-electron chi connectivity index (χ3n) is 2.53. The lowest BCUT2D eigenvalue weighted by molar-refractivity contribution is 0.0702. The molecular weight excluding hydrogens is 232 g/mol. The summed E-state index contributed by atoms with van der Waals surface area (Å²) in [6.45, 7) is 6.61. The molecule has 0 amide bonds. The standard InChI is InChI=1S/C14H16O2S/c1-14(2,3)8-9-4-5-10-7-12(13(15)16)17-11(10)6-9/h4-7H,8H2,1-3H3,(H,15,16). The maximum absolute atomic E-state index is 10.9. The van der Waals surface area contributed by atoms with E-state index >= 15 is 0 Å². The summed E-state index contributed by atoms with van der Waals surface area (Å²) in [5.41, 5.74) is 1.52. The second kappa shape index (κ2) is 4.15. The summed E-state index contributed by atoms with van der Waals surface area (Å²) < 4.78 is 1.06. The van der Waals surface area contributed by atoms with Crippen LogP contribution in [0, 0.1) is 5.41 Å². The Labute approximate surface area is 105 Å². The van der Waals surface area contributed by atoms with E-state index in [2.05, 4.69) is 32.9 Å². The van der Waals surface area contributed by atoms with Gasteiger partial charge in [-0.3, -0.25) is 0 Å². The summed E-state index contributed by atoms with van der Waals surface area (Å²) in [6.07, 6.45) is 1.00. The van der Waals surface area contributed by atoms with Crippen LogP contribution in [0.3, 0.4) is 0 Å². The first-order valence-corrected chi connectivity index (χ1v) is 6.42. The van der Waals surface area contributed by atoms with Gasteiger partial charge in [0.2, 0.25) is 0 Å². The minimum atomic E-state index is -0.844. The van der Waals surface area contributed by atoms with Crippen molar-refractivity contribution in [1.82, 2.24) is 0 Å². The molecule has 0 radical (unpaired) electrons. The topological polar surface area (TPSA) is 37.3 Å². The fourth-order valence-corrected chi connectivity index (χ4v) is 2.87. The highest BCUT2D eigenvalue weighted by molar-refractivity contribution is 7.20. The molecular formula is C14H16O2S. The van der Waals surface area contributed by atoms with Crippen molar-refractivity contribution in [2.75, 3.05) is 0 Å². The maximum Gasteiger partial charge on any atom is 0.345 e. The lowest BCUT2D eigenvalue weighted by Crippen LogP contribution is -2.08. The second-order valence-corrected chi connectivity index (χ2v) is 6.61. The Morgan fingerprint density at radius 3 is 2.59 bits per heavy atom. The number of carboxylic acids is 1. The molecule has 0 aliphatic heterocycles. The minimum absolute atomic E-state index is 0.251. The van der Waals surface area contributed by atoms with Gasteiger partial charge in [0.15, 0.2) is 0 Å². The van der Waals surface area contributed by atoms with Gasteiger partial charge in [-0.15, -0.1) is 11.3 Å². The smallest absolute Gasteiger partial charge is 0.345 e. The van der Waals surface area contributed by atoms with Crippen molar-refractivity contribution >= 4 is 27.4 Å². The van der Waals surface area contributed by atoms with Gasteiger partial charge in [0.25, 0.3) is 0 Å². The number of benzene rings is 1. The second-order valence-electron chi connectivity index (χ2n) is 5.53. The average Bonchev–Trinajstić information content (AvgIpc) is 2.57. The molecule has 0 aliphatic carbocycles. The highest BCUT2D eigenvalue weighted by atomic mass is 32.1. The summed E-state index contributed by atoms with van der Waals surface area (Å²) in [5, 5.41) is 9.97. The minimum Gasteiger partial charge on any atom is -0.477 e. The van der Waals surface area contributed by atoms with Gasteiger partial charge < -0.3 is 5.11 Å². The molecule has 0 bridgehead atoms. The van der Waals surface area contributed by atoms with Crippen LogP contribution in [-0.4, -0.2) is 11.1 Å². The summed E-state index contributed by atoms with van der Waals surface area (Å²) in [6, 6.07) is 7.95. The third kappa shape index (κ3) is 2.86. The average molecular weight is 248 g/mol. The molecule has 0 saturated carbocycles. The molecule has 0 unspecified atom stereocenters. The first-order chi connectivity index (χ1) is 7.85. The number of hydrogen-bond donors (Lipinski definition) is 1. The zero-order chi connectivity index (χ0) is 12.6. The highest BCUT2D eigenvalue weighted by Crippen LogP contribution is 2.29. The van der Waals surface area contributed by atoms with Crippen molar-refractivity contribution < 1.29 is 9.90 Å². The van der Waals surface area contributed by atoms with Crippen LogP contribution >= 0.6 is 11.3 Å². The molecule has 3 heteroatoms. The lowest BCUT2D eigenvalue weighted by Gasteiger charge is -2.17. The number of carbonyl (C=O) groups is 1. The van der Waals surface area contributed by atoms with Crippen LogP contribution in [0.2, 0.25) is 0 Å². The highest BCUT2D eigenvalue weighted by Gasteiger charge is 2.13. The first-order valence-electron chi connectivity index (χ1n) is 5.61. The zero-order valence-electron chi connectivity index (χ0n) is 10.3. The Kier molecular flexibility index (Phi) is 2.96. The molecule has 1 heterocycles. The van der Waals surface area contributed by atoms with E-state index in [1.807, 2.05) is 6.07 Å². The Hall–Kier alpha value is -1.35. The molecule has 1 aromatic carbocycles. The van der Waals surface area contributed by atoms with Crippen molar-refractivity contribution in [3.8, 4) is 0 Å². The van der Waals surface area contributed by atoms with Gasteiger partial charge in [-0.2, -0.15) is 0 Å². The molecule has 17 heavy (non-hydrogen) atoms. The summed E-state index contributed by atoms with van der Waals surface area (Å²) in [4.78, 5) is 11.3. The van der Waals surface area contributed by atoms with Gasteiger partial charge in [-0.25, -0.2) is 4.79 Å². The van der Waals surface area contributed by atoms with Crippen molar-refractivity contribution in [1.29, 1.82) is 0 Å². The molecule has 2 aromatic rings. The molecule has 0 spiro atoms. The van der Waals surface area contributed by atoms with E-state index in [4.69, 9.17) is 5.11 Å². The van der Waals surface area contributed by atoms with Crippen LogP contribution < -0.4 is 0 Å². The Morgan fingerprint density at radius 2 is 2.00 bits per heavy atom. The van der Waals surface area contributed by atoms with Crippen molar-refractivity contribution in [2.24, 2.45) is 5.41 Å². The lowest BCUT2D eigenvalue weighted by atomic mass is 9.88. The molecule has 2 rings (SSSR count). The molecule has 0 atom stereocenters. The van der Waals surface area contributed by atoms with Crippen LogP contribution in [0.5, 0.6) is 0 Å². The Morgan fingerprint density at radius 1 is 1.29 bits per heavy atom. The van der Waals surface area contributed by atoms with Gasteiger partial charge in [0.1, 0.15) is 4.88 Å². The van der Waals surface area contributed by atoms with E-state index in [9.17, 15) is 4.79 Å². The number of rotatable bonds is 2. The number of hydrogen-bond acceptors (Lipinski definition) is 2. The van der Waals surface area contributed by atoms with Crippen LogP contribution in [0.15, 0.2) is 24.3 Å². The van der Waals surface area contributed by atoms with E-state index in [0.29, 0.717) is 4.88 Å². The monoisotopic (exact) mass is 248 g/mol. The Balaban J connectivity index is 2.40. The fourth-order valence-electron chi connectivity index (χ4n) is 1.90. The number of aromatic carboxylic acids is 1. The number of fused-ring (bicyclic) bond motifs is 1. The van der Waals surface area contributed by atoms with Crippen LogP contribution in [-0.2, 0) is 6.42 Å². The van der Waals surface area contributed by atoms with Gasteiger partial charge in [-0.1, -0.05) is 32.9 Å².